The van der Waals surface area contributed by atoms with Gasteiger partial charge in [-0.25, -0.2) is 0 Å². The van der Waals surface area contributed by atoms with Gasteiger partial charge in [0.15, 0.2) is 0 Å². The molecule has 22 heavy (non-hydrogen) atoms. The molecule has 0 aromatic carbocycles. The lowest BCUT2D eigenvalue weighted by molar-refractivity contribution is -0.181. The maximum atomic E-state index is 13.0. The van der Waals surface area contributed by atoms with Gasteiger partial charge in [-0.05, 0) is 26.7 Å². The Labute approximate surface area is 132 Å². The van der Waals surface area contributed by atoms with Crippen molar-refractivity contribution in [1.29, 1.82) is 0 Å². The maximum Gasteiger partial charge on any atom is 0.252 e. The summed E-state index contributed by atoms with van der Waals surface area (Å²) in [6, 6.07) is 0.0741. The van der Waals surface area contributed by atoms with Gasteiger partial charge in [-0.1, -0.05) is 13.3 Å². The first-order valence-corrected chi connectivity index (χ1v) is 8.45. The third-order valence-corrected chi connectivity index (χ3v) is 5.42. The van der Waals surface area contributed by atoms with E-state index in [0.29, 0.717) is 38.6 Å². The van der Waals surface area contributed by atoms with E-state index in [1.807, 2.05) is 4.90 Å². The summed E-state index contributed by atoms with van der Waals surface area (Å²) >= 11 is 0. The van der Waals surface area contributed by atoms with Gasteiger partial charge in [0.25, 0.3) is 5.91 Å². The van der Waals surface area contributed by atoms with Gasteiger partial charge in [0.05, 0.1) is 12.1 Å². The molecule has 0 aromatic rings. The van der Waals surface area contributed by atoms with Gasteiger partial charge >= 0.3 is 0 Å². The highest BCUT2D eigenvalue weighted by Gasteiger charge is 2.64. The average molecular weight is 309 g/mol. The second kappa shape index (κ2) is 5.58. The first kappa shape index (κ1) is 15.9. The third-order valence-electron chi connectivity index (χ3n) is 5.42. The molecule has 124 valence electrons. The minimum Gasteiger partial charge on any atom is -0.392 e. The summed E-state index contributed by atoms with van der Waals surface area (Å²) in [5.41, 5.74) is -0.589. The summed E-state index contributed by atoms with van der Waals surface area (Å²) in [6.45, 7) is 8.59. The first-order chi connectivity index (χ1) is 10.4. The zero-order valence-electron chi connectivity index (χ0n) is 13.8. The summed E-state index contributed by atoms with van der Waals surface area (Å²) in [5.74, 6) is -0.156. The van der Waals surface area contributed by atoms with Crippen molar-refractivity contribution in [2.45, 2.75) is 63.8 Å². The van der Waals surface area contributed by atoms with E-state index < -0.39 is 11.6 Å². The van der Waals surface area contributed by atoms with Gasteiger partial charge in [-0.2, -0.15) is 0 Å². The molecule has 0 aromatic heterocycles. The lowest BCUT2D eigenvalue weighted by Gasteiger charge is -2.59. The van der Waals surface area contributed by atoms with Crippen LogP contribution in [0.25, 0.3) is 0 Å². The van der Waals surface area contributed by atoms with Crippen LogP contribution in [0.3, 0.4) is 0 Å². The van der Waals surface area contributed by atoms with Gasteiger partial charge in [-0.3, -0.25) is 24.3 Å². The van der Waals surface area contributed by atoms with E-state index in [1.165, 1.54) is 4.90 Å². The molecule has 6 heteroatoms. The highest BCUT2D eigenvalue weighted by Crippen LogP contribution is 2.40. The molecule has 0 bridgehead atoms. The number of hydrogen-bond donors (Lipinski definition) is 1. The van der Waals surface area contributed by atoms with Crippen LogP contribution < -0.4 is 0 Å². The molecular formula is C16H27N3O3. The summed E-state index contributed by atoms with van der Waals surface area (Å²) < 4.78 is 0. The Morgan fingerprint density at radius 1 is 1.32 bits per heavy atom. The monoisotopic (exact) mass is 309 g/mol. The van der Waals surface area contributed by atoms with Crippen molar-refractivity contribution in [3.63, 3.8) is 0 Å². The third kappa shape index (κ3) is 2.20. The van der Waals surface area contributed by atoms with E-state index in [0.717, 1.165) is 12.8 Å². The van der Waals surface area contributed by atoms with Crippen LogP contribution in [-0.2, 0) is 9.59 Å². The topological polar surface area (TPSA) is 64.1 Å². The number of rotatable bonds is 4. The molecule has 0 aliphatic carbocycles. The highest BCUT2D eigenvalue weighted by molar-refractivity contribution is 6.06. The van der Waals surface area contributed by atoms with Gasteiger partial charge < -0.3 is 5.11 Å². The number of nitrogens with zero attached hydrogens (tertiary/aromatic N) is 3. The van der Waals surface area contributed by atoms with Gasteiger partial charge in [0.2, 0.25) is 5.91 Å². The number of fused-ring (bicyclic) bond motifs is 2. The number of unbranched alkanes of at least 4 members (excludes halogenated alkanes) is 1. The molecule has 3 fully saturated rings. The predicted molar refractivity (Wildman–Crippen MR) is 82.2 cm³/mol. The van der Waals surface area contributed by atoms with Crippen molar-refractivity contribution in [3.8, 4) is 0 Å². The fourth-order valence-corrected chi connectivity index (χ4v) is 4.01. The van der Waals surface area contributed by atoms with Gasteiger partial charge in [0.1, 0.15) is 5.54 Å². The lowest BCUT2D eigenvalue weighted by Crippen LogP contribution is -2.82. The van der Waals surface area contributed by atoms with E-state index in [9.17, 15) is 14.7 Å². The summed E-state index contributed by atoms with van der Waals surface area (Å²) in [5, 5.41) is 10.0. The number of aliphatic hydroxyl groups is 1. The van der Waals surface area contributed by atoms with Crippen LogP contribution in [0.1, 0.15) is 40.0 Å². The standard InChI is InChI=1S/C16H27N3O3/c1-4-5-6-18-14(21)13-7-12(20)8-19(13)16(15(18)22)9-17(10-16)11(2)3/h11-13,20H,4-10H2,1-3H3. The molecule has 2 atom stereocenters. The zero-order valence-corrected chi connectivity index (χ0v) is 13.8. The zero-order chi connectivity index (χ0) is 16.1. The molecule has 2 amide bonds. The highest BCUT2D eigenvalue weighted by atomic mass is 16.3. The smallest absolute Gasteiger partial charge is 0.252 e. The summed E-state index contributed by atoms with van der Waals surface area (Å²) in [6.07, 6.45) is 1.76. The fourth-order valence-electron chi connectivity index (χ4n) is 4.01. The molecule has 0 radical (unpaired) electrons. The summed E-state index contributed by atoms with van der Waals surface area (Å²) in [4.78, 5) is 31.4. The lowest BCUT2D eigenvalue weighted by atomic mass is 9.81. The van der Waals surface area contributed by atoms with Crippen molar-refractivity contribution in [2.24, 2.45) is 0 Å². The van der Waals surface area contributed by atoms with E-state index in [2.05, 4.69) is 25.7 Å². The second-order valence-electron chi connectivity index (χ2n) is 7.24. The van der Waals surface area contributed by atoms with Crippen LogP contribution in [0.15, 0.2) is 0 Å². The Balaban J connectivity index is 1.87. The minimum absolute atomic E-state index is 0.0480. The van der Waals surface area contributed by atoms with E-state index in [4.69, 9.17) is 0 Å². The molecule has 6 nitrogen and oxygen atoms in total. The first-order valence-electron chi connectivity index (χ1n) is 8.45. The van der Waals surface area contributed by atoms with E-state index in [-0.39, 0.29) is 17.9 Å². The number of imide groups is 1. The molecule has 0 saturated carbocycles. The van der Waals surface area contributed by atoms with Crippen LogP contribution in [0.5, 0.6) is 0 Å². The van der Waals surface area contributed by atoms with Crippen molar-refractivity contribution in [2.75, 3.05) is 26.2 Å². The number of hydrogen-bond acceptors (Lipinski definition) is 5. The van der Waals surface area contributed by atoms with Crippen molar-refractivity contribution >= 4 is 11.8 Å². The minimum atomic E-state index is -0.589. The Morgan fingerprint density at radius 3 is 2.59 bits per heavy atom. The molecule has 3 aliphatic rings. The van der Waals surface area contributed by atoms with Crippen LogP contribution in [0.2, 0.25) is 0 Å². The second-order valence-corrected chi connectivity index (χ2v) is 7.24. The number of piperazine rings is 1. The number of amides is 2. The molecule has 2 unspecified atom stereocenters. The number of carbonyl (C=O) groups excluding carboxylic acids is 2. The van der Waals surface area contributed by atoms with Gasteiger partial charge in [0, 0.05) is 32.2 Å². The maximum absolute atomic E-state index is 13.0. The fraction of sp³-hybridized carbons (Fsp3) is 0.875. The molecule has 3 saturated heterocycles. The van der Waals surface area contributed by atoms with Crippen LogP contribution in [0, 0.1) is 0 Å². The molecule has 1 N–H and O–H groups in total. The van der Waals surface area contributed by atoms with Crippen LogP contribution in [-0.4, -0.2) is 81.5 Å². The molecule has 3 aliphatic heterocycles. The van der Waals surface area contributed by atoms with Crippen LogP contribution >= 0.6 is 0 Å². The largest absolute Gasteiger partial charge is 0.392 e. The number of carbonyl (C=O) groups is 2. The summed E-state index contributed by atoms with van der Waals surface area (Å²) in [7, 11) is 0. The van der Waals surface area contributed by atoms with Crippen LogP contribution in [0.4, 0.5) is 0 Å². The predicted octanol–water partition coefficient (Wildman–Crippen LogP) is 0.0533. The molecule has 3 rings (SSSR count). The Morgan fingerprint density at radius 2 is 2.00 bits per heavy atom. The molecule has 3 heterocycles. The van der Waals surface area contributed by atoms with E-state index >= 15 is 0 Å². The molecular weight excluding hydrogens is 282 g/mol. The SMILES string of the molecule is CCCCN1C(=O)C2CC(O)CN2C2(CN(C(C)C)C2)C1=O. The van der Waals surface area contributed by atoms with Crippen molar-refractivity contribution < 1.29 is 14.7 Å². The normalized spacial score (nSPS) is 32.0. The van der Waals surface area contributed by atoms with E-state index in [1.54, 1.807) is 0 Å². The Hall–Kier alpha value is -0.980. The quantitative estimate of drug-likeness (QED) is 0.744. The number of β-amino-alcohol motifs (C(OH)–C–C–N with tert-alkyl or cyclic N) is 1. The van der Waals surface area contributed by atoms with Crippen molar-refractivity contribution in [1.82, 2.24) is 14.7 Å². The van der Waals surface area contributed by atoms with Crippen molar-refractivity contribution in [3.05, 3.63) is 0 Å². The average Bonchev–Trinajstić information content (AvgIpc) is 2.79. The molecule has 1 spiro atoms. The number of aliphatic hydroxyl groups excluding tert-OH is 1. The Kier molecular flexibility index (Phi) is 4.03. The number of likely N-dealkylation sites (tertiary alicyclic amines) is 1. The Bertz CT molecular complexity index is 473. The van der Waals surface area contributed by atoms with Gasteiger partial charge in [-0.15, -0.1) is 0 Å².